The lowest BCUT2D eigenvalue weighted by molar-refractivity contribution is -0.124. The molecule has 0 radical (unpaired) electrons. The van der Waals surface area contributed by atoms with Gasteiger partial charge in [-0.1, -0.05) is 43.7 Å². The number of carbonyl (C=O) groups is 2. The molecule has 1 fully saturated rings. The van der Waals surface area contributed by atoms with Crippen LogP contribution in [0.4, 0.5) is 4.79 Å². The van der Waals surface area contributed by atoms with Gasteiger partial charge in [0.25, 0.3) is 0 Å². The van der Waals surface area contributed by atoms with Crippen LogP contribution in [0.25, 0.3) is 0 Å². The molecule has 1 aliphatic heterocycles. The van der Waals surface area contributed by atoms with Crippen LogP contribution in [0.3, 0.4) is 0 Å². The summed E-state index contributed by atoms with van der Waals surface area (Å²) in [5.41, 5.74) is 1.07. The number of likely N-dealkylation sites (tertiary alicyclic amines) is 1. The monoisotopic (exact) mass is 304 g/mol. The fourth-order valence-corrected chi connectivity index (χ4v) is 2.46. The minimum absolute atomic E-state index is 0.00714. The molecular weight excluding hydrogens is 280 g/mol. The highest BCUT2D eigenvalue weighted by Crippen LogP contribution is 2.17. The quantitative estimate of drug-likeness (QED) is 0.822. The Hall–Kier alpha value is -2.04. The summed E-state index contributed by atoms with van der Waals surface area (Å²) >= 11 is 0. The molecule has 0 bridgehead atoms. The molecule has 1 saturated heterocycles. The summed E-state index contributed by atoms with van der Waals surface area (Å²) in [5, 5.41) is 2.93. The molecule has 5 heteroatoms. The van der Waals surface area contributed by atoms with Crippen LogP contribution in [0.5, 0.6) is 0 Å². The molecule has 1 aliphatic rings. The number of hydrogen-bond donors (Lipinski definition) is 1. The van der Waals surface area contributed by atoms with Crippen LogP contribution in [-0.4, -0.2) is 36.6 Å². The molecule has 0 saturated carbocycles. The van der Waals surface area contributed by atoms with Gasteiger partial charge in [-0.2, -0.15) is 0 Å². The molecule has 0 spiro atoms. The van der Waals surface area contributed by atoms with Crippen molar-refractivity contribution in [2.45, 2.75) is 32.7 Å². The predicted molar refractivity (Wildman–Crippen MR) is 84.2 cm³/mol. The molecule has 2 amide bonds. The Kier molecular flexibility index (Phi) is 6.25. The minimum Gasteiger partial charge on any atom is -0.449 e. The van der Waals surface area contributed by atoms with Crippen molar-refractivity contribution in [3.05, 3.63) is 35.9 Å². The lowest BCUT2D eigenvalue weighted by atomic mass is 10.1. The first kappa shape index (κ1) is 16.3. The molecule has 1 heterocycles. The number of rotatable bonds is 6. The van der Waals surface area contributed by atoms with Gasteiger partial charge in [0.05, 0.1) is 12.5 Å². The first-order valence-electron chi connectivity index (χ1n) is 7.94. The maximum atomic E-state index is 12.2. The first-order chi connectivity index (χ1) is 10.7. The summed E-state index contributed by atoms with van der Waals surface area (Å²) in [6.07, 6.45) is 2.27. The molecule has 1 aromatic rings. The van der Waals surface area contributed by atoms with Crippen LogP contribution in [0, 0.1) is 5.92 Å². The third-order valence-electron chi connectivity index (χ3n) is 3.85. The van der Waals surface area contributed by atoms with Crippen molar-refractivity contribution in [1.82, 2.24) is 10.2 Å². The largest absolute Gasteiger partial charge is 0.449 e. The van der Waals surface area contributed by atoms with E-state index in [0.717, 1.165) is 18.4 Å². The Balaban J connectivity index is 1.72. The Labute approximate surface area is 131 Å². The van der Waals surface area contributed by atoms with E-state index in [0.29, 0.717) is 32.7 Å². The van der Waals surface area contributed by atoms with E-state index in [1.54, 1.807) is 4.90 Å². The summed E-state index contributed by atoms with van der Waals surface area (Å²) in [4.78, 5) is 25.6. The van der Waals surface area contributed by atoms with Gasteiger partial charge in [-0.05, 0) is 18.4 Å². The van der Waals surface area contributed by atoms with Crippen LogP contribution >= 0.6 is 0 Å². The van der Waals surface area contributed by atoms with Gasteiger partial charge in [0.2, 0.25) is 5.91 Å². The van der Waals surface area contributed by atoms with Crippen LogP contribution in [-0.2, 0) is 16.1 Å². The van der Waals surface area contributed by atoms with Crippen LogP contribution in [0.1, 0.15) is 31.7 Å². The molecule has 120 valence electrons. The van der Waals surface area contributed by atoms with Crippen molar-refractivity contribution >= 4 is 12.0 Å². The predicted octanol–water partition coefficient (Wildman–Crippen LogP) is 2.56. The molecule has 0 unspecified atom stereocenters. The number of unbranched alkanes of at least 4 members (excludes halogenated alkanes) is 1. The smallest absolute Gasteiger partial charge is 0.409 e. The first-order valence-corrected chi connectivity index (χ1v) is 7.94. The van der Waals surface area contributed by atoms with Gasteiger partial charge in [0.1, 0.15) is 0 Å². The van der Waals surface area contributed by atoms with E-state index in [1.807, 2.05) is 30.3 Å². The highest BCUT2D eigenvalue weighted by atomic mass is 16.6. The van der Waals surface area contributed by atoms with Gasteiger partial charge < -0.3 is 15.0 Å². The van der Waals surface area contributed by atoms with Gasteiger partial charge in [-0.3, -0.25) is 4.79 Å². The van der Waals surface area contributed by atoms with E-state index >= 15 is 0 Å². The highest BCUT2D eigenvalue weighted by Gasteiger charge is 2.31. The number of carbonyl (C=O) groups excluding carboxylic acids is 2. The van der Waals surface area contributed by atoms with Crippen molar-refractivity contribution < 1.29 is 14.3 Å². The molecule has 0 aromatic heterocycles. The summed E-state index contributed by atoms with van der Waals surface area (Å²) in [7, 11) is 0. The van der Waals surface area contributed by atoms with Gasteiger partial charge in [-0.25, -0.2) is 4.79 Å². The normalized spacial score (nSPS) is 17.3. The second-order valence-electron chi connectivity index (χ2n) is 5.60. The average Bonchev–Trinajstić information content (AvgIpc) is 3.04. The number of hydrogen-bond acceptors (Lipinski definition) is 3. The second kappa shape index (κ2) is 8.41. The Morgan fingerprint density at radius 3 is 2.82 bits per heavy atom. The molecule has 1 atom stereocenters. The Morgan fingerprint density at radius 2 is 2.09 bits per heavy atom. The molecule has 2 rings (SSSR count). The van der Waals surface area contributed by atoms with Crippen LogP contribution in [0.15, 0.2) is 30.3 Å². The fourth-order valence-electron chi connectivity index (χ4n) is 2.46. The summed E-state index contributed by atoms with van der Waals surface area (Å²) in [6.45, 7) is 4.07. The van der Waals surface area contributed by atoms with E-state index in [9.17, 15) is 9.59 Å². The van der Waals surface area contributed by atoms with Gasteiger partial charge in [-0.15, -0.1) is 0 Å². The number of benzene rings is 1. The molecule has 1 aromatic carbocycles. The van der Waals surface area contributed by atoms with Crippen molar-refractivity contribution in [1.29, 1.82) is 0 Å². The van der Waals surface area contributed by atoms with Crippen molar-refractivity contribution in [2.24, 2.45) is 5.92 Å². The van der Waals surface area contributed by atoms with E-state index in [2.05, 4.69) is 12.2 Å². The molecule has 1 N–H and O–H groups in total. The lowest BCUT2D eigenvalue weighted by Gasteiger charge is -2.16. The number of nitrogens with one attached hydrogen (secondary N) is 1. The van der Waals surface area contributed by atoms with Crippen LogP contribution in [0.2, 0.25) is 0 Å². The number of nitrogens with zero attached hydrogens (tertiary/aromatic N) is 1. The third kappa shape index (κ3) is 4.76. The van der Waals surface area contributed by atoms with E-state index in [1.165, 1.54) is 0 Å². The number of amides is 2. The summed E-state index contributed by atoms with van der Waals surface area (Å²) < 4.78 is 5.18. The Morgan fingerprint density at radius 1 is 1.32 bits per heavy atom. The third-order valence-corrected chi connectivity index (χ3v) is 3.85. The SMILES string of the molecule is CCCCOC(=O)N1CC[C@@H](C(=O)NCc2ccccc2)C1. The zero-order valence-electron chi connectivity index (χ0n) is 13.1. The summed E-state index contributed by atoms with van der Waals surface area (Å²) in [6, 6.07) is 9.80. The topological polar surface area (TPSA) is 58.6 Å². The van der Waals surface area contributed by atoms with E-state index < -0.39 is 0 Å². The Bertz CT molecular complexity index is 490. The minimum atomic E-state index is -0.299. The highest BCUT2D eigenvalue weighted by molar-refractivity contribution is 5.80. The van der Waals surface area contributed by atoms with Gasteiger partial charge >= 0.3 is 6.09 Å². The second-order valence-corrected chi connectivity index (χ2v) is 5.60. The van der Waals surface area contributed by atoms with E-state index in [-0.39, 0.29) is 17.9 Å². The zero-order valence-corrected chi connectivity index (χ0v) is 13.1. The van der Waals surface area contributed by atoms with E-state index in [4.69, 9.17) is 4.74 Å². The summed E-state index contributed by atoms with van der Waals surface area (Å²) in [5.74, 6) is -0.129. The van der Waals surface area contributed by atoms with Crippen molar-refractivity contribution in [2.75, 3.05) is 19.7 Å². The molecule has 22 heavy (non-hydrogen) atoms. The van der Waals surface area contributed by atoms with Gasteiger partial charge in [0.15, 0.2) is 0 Å². The van der Waals surface area contributed by atoms with Crippen LogP contribution < -0.4 is 5.32 Å². The van der Waals surface area contributed by atoms with Gasteiger partial charge in [0, 0.05) is 19.6 Å². The average molecular weight is 304 g/mol. The zero-order chi connectivity index (χ0) is 15.8. The molecule has 0 aliphatic carbocycles. The van der Waals surface area contributed by atoms with Crippen molar-refractivity contribution in [3.8, 4) is 0 Å². The lowest BCUT2D eigenvalue weighted by Crippen LogP contribution is -2.34. The number of ether oxygens (including phenoxy) is 1. The maximum absolute atomic E-state index is 12.2. The fraction of sp³-hybridized carbons (Fsp3) is 0.529. The van der Waals surface area contributed by atoms with Crippen molar-refractivity contribution in [3.63, 3.8) is 0 Å². The maximum Gasteiger partial charge on any atom is 0.409 e. The standard InChI is InChI=1S/C17H24N2O3/c1-2-3-11-22-17(21)19-10-9-15(13-19)16(20)18-12-14-7-5-4-6-8-14/h4-8,15H,2-3,9-13H2,1H3,(H,18,20)/t15-/m1/s1. The molecule has 5 nitrogen and oxygen atoms in total. The molecular formula is C17H24N2O3.